The van der Waals surface area contributed by atoms with Crippen molar-refractivity contribution >= 4 is 17.6 Å². The smallest absolute Gasteiger partial charge is 0.308 e. The molecule has 0 radical (unpaired) electrons. The number of morpholine rings is 1. The number of hydrogen-bond donors (Lipinski definition) is 0. The minimum atomic E-state index is -0.232. The van der Waals surface area contributed by atoms with Gasteiger partial charge in [0.1, 0.15) is 0 Å². The van der Waals surface area contributed by atoms with E-state index in [2.05, 4.69) is 9.64 Å². The summed E-state index contributed by atoms with van der Waals surface area (Å²) in [5.41, 5.74) is 1.10. The number of hydrogen-bond acceptors (Lipinski definition) is 4. The molecule has 1 aromatic carbocycles. The van der Waals surface area contributed by atoms with Crippen LogP contribution in [0.4, 0.5) is 0 Å². The van der Waals surface area contributed by atoms with E-state index in [1.54, 1.807) is 0 Å². The molecule has 0 unspecified atom stereocenters. The number of carbonyl (C=O) groups excluding carboxylic acids is 1. The minimum absolute atomic E-state index is 0.0938. The van der Waals surface area contributed by atoms with E-state index in [0.717, 1.165) is 30.2 Å². The fourth-order valence-corrected chi connectivity index (χ4v) is 2.38. The van der Waals surface area contributed by atoms with Crippen LogP contribution in [0.3, 0.4) is 0 Å². The second kappa shape index (κ2) is 6.89. The van der Waals surface area contributed by atoms with Gasteiger partial charge in [0.25, 0.3) is 0 Å². The molecule has 5 heteroatoms. The number of methoxy groups -OCH3 is 1. The zero-order chi connectivity index (χ0) is 13.7. The number of carbonyl (C=O) groups is 1. The third kappa shape index (κ3) is 4.20. The van der Waals surface area contributed by atoms with E-state index in [0.29, 0.717) is 13.0 Å². The Morgan fingerprint density at radius 1 is 1.53 bits per heavy atom. The number of esters is 1. The number of halogens is 1. The van der Waals surface area contributed by atoms with Crippen LogP contribution in [0.5, 0.6) is 0 Å². The van der Waals surface area contributed by atoms with Crippen molar-refractivity contribution in [3.8, 4) is 0 Å². The summed E-state index contributed by atoms with van der Waals surface area (Å²) in [6, 6.07) is 7.81. The topological polar surface area (TPSA) is 38.8 Å². The second-order valence-corrected chi connectivity index (χ2v) is 5.01. The van der Waals surface area contributed by atoms with E-state index in [-0.39, 0.29) is 12.1 Å². The van der Waals surface area contributed by atoms with E-state index in [1.165, 1.54) is 7.11 Å². The van der Waals surface area contributed by atoms with E-state index < -0.39 is 0 Å². The van der Waals surface area contributed by atoms with Gasteiger partial charge in [-0.25, -0.2) is 0 Å². The quantitative estimate of drug-likeness (QED) is 0.794. The van der Waals surface area contributed by atoms with E-state index >= 15 is 0 Å². The van der Waals surface area contributed by atoms with E-state index in [1.807, 2.05) is 24.3 Å². The van der Waals surface area contributed by atoms with Crippen LogP contribution in [0.2, 0.25) is 5.02 Å². The predicted molar refractivity (Wildman–Crippen MR) is 73.1 cm³/mol. The van der Waals surface area contributed by atoms with Crippen LogP contribution in [0, 0.1) is 0 Å². The molecule has 1 saturated heterocycles. The van der Waals surface area contributed by atoms with Crippen LogP contribution < -0.4 is 0 Å². The zero-order valence-electron chi connectivity index (χ0n) is 11.0. The highest BCUT2D eigenvalue weighted by atomic mass is 35.5. The summed E-state index contributed by atoms with van der Waals surface area (Å²) in [5.74, 6) is -0.232. The predicted octanol–water partition coefficient (Wildman–Crippen LogP) is 2.10. The van der Waals surface area contributed by atoms with Gasteiger partial charge >= 0.3 is 5.97 Å². The lowest BCUT2D eigenvalue weighted by molar-refractivity contribution is -0.145. The standard InChI is InChI=1S/C14H18ClNO3/c1-18-14(17)8-12-10-16(6-7-19-12)9-11-4-2-3-5-13(11)15/h2-5,12H,6-10H2,1H3/t12-/m0/s1. The van der Waals surface area contributed by atoms with E-state index in [9.17, 15) is 4.79 Å². The van der Waals surface area contributed by atoms with Crippen LogP contribution in [0.1, 0.15) is 12.0 Å². The fraction of sp³-hybridized carbons (Fsp3) is 0.500. The summed E-state index contributed by atoms with van der Waals surface area (Å²) in [7, 11) is 1.40. The maximum absolute atomic E-state index is 11.3. The molecular weight excluding hydrogens is 266 g/mol. The van der Waals surface area contributed by atoms with Crippen LogP contribution in [-0.2, 0) is 20.8 Å². The highest BCUT2D eigenvalue weighted by molar-refractivity contribution is 6.31. The van der Waals surface area contributed by atoms with Crippen molar-refractivity contribution in [2.24, 2.45) is 0 Å². The van der Waals surface area contributed by atoms with Crippen LogP contribution >= 0.6 is 11.6 Å². The van der Waals surface area contributed by atoms with Gasteiger partial charge in [0.2, 0.25) is 0 Å². The Balaban J connectivity index is 1.91. The molecule has 0 bridgehead atoms. The molecule has 1 fully saturated rings. The van der Waals surface area contributed by atoms with Crippen molar-refractivity contribution in [3.05, 3.63) is 34.9 Å². The lowest BCUT2D eigenvalue weighted by Gasteiger charge is -2.32. The summed E-state index contributed by atoms with van der Waals surface area (Å²) in [6.45, 7) is 2.98. The first kappa shape index (κ1) is 14.3. The minimum Gasteiger partial charge on any atom is -0.469 e. The molecule has 1 aliphatic rings. The SMILES string of the molecule is COC(=O)C[C@H]1CN(Cc2ccccc2Cl)CCO1. The van der Waals surface area contributed by atoms with Crippen LogP contribution in [-0.4, -0.2) is 43.8 Å². The number of ether oxygens (including phenoxy) is 2. The second-order valence-electron chi connectivity index (χ2n) is 4.60. The Hall–Kier alpha value is -1.10. The summed E-state index contributed by atoms with van der Waals surface area (Å²) < 4.78 is 10.2. The summed E-state index contributed by atoms with van der Waals surface area (Å²) in [6.07, 6.45) is 0.207. The van der Waals surface area contributed by atoms with Crippen molar-refractivity contribution < 1.29 is 14.3 Å². The first-order chi connectivity index (χ1) is 9.19. The average molecular weight is 284 g/mol. The average Bonchev–Trinajstić information content (AvgIpc) is 2.42. The molecular formula is C14H18ClNO3. The molecule has 0 amide bonds. The van der Waals surface area contributed by atoms with Gasteiger partial charge in [-0.2, -0.15) is 0 Å². The molecule has 2 rings (SSSR count). The van der Waals surface area contributed by atoms with Gasteiger partial charge in [-0.3, -0.25) is 9.69 Å². The molecule has 0 saturated carbocycles. The van der Waals surface area contributed by atoms with Crippen molar-refractivity contribution in [1.82, 2.24) is 4.90 Å². The van der Waals surface area contributed by atoms with Crippen LogP contribution in [0.15, 0.2) is 24.3 Å². The molecule has 0 spiro atoms. The molecule has 1 aliphatic heterocycles. The van der Waals surface area contributed by atoms with Crippen LogP contribution in [0.25, 0.3) is 0 Å². The lowest BCUT2D eigenvalue weighted by Crippen LogP contribution is -2.42. The normalized spacial score (nSPS) is 20.2. The molecule has 1 atom stereocenters. The van der Waals surface area contributed by atoms with Gasteiger partial charge in [0, 0.05) is 24.7 Å². The molecule has 19 heavy (non-hydrogen) atoms. The van der Waals surface area contributed by atoms with E-state index in [4.69, 9.17) is 16.3 Å². The van der Waals surface area contributed by atoms with Gasteiger partial charge in [0.05, 0.1) is 26.2 Å². The maximum Gasteiger partial charge on any atom is 0.308 e. The summed E-state index contributed by atoms with van der Waals surface area (Å²) in [4.78, 5) is 13.5. The Morgan fingerprint density at radius 2 is 2.32 bits per heavy atom. The Labute approximate surface area is 118 Å². The molecule has 1 aromatic rings. The number of benzene rings is 1. The maximum atomic E-state index is 11.3. The number of rotatable bonds is 4. The van der Waals surface area contributed by atoms with Gasteiger partial charge in [0.15, 0.2) is 0 Å². The third-order valence-electron chi connectivity index (χ3n) is 3.20. The first-order valence-corrected chi connectivity index (χ1v) is 6.71. The molecule has 104 valence electrons. The zero-order valence-corrected chi connectivity index (χ0v) is 11.7. The Bertz CT molecular complexity index is 438. The Morgan fingerprint density at radius 3 is 3.05 bits per heavy atom. The van der Waals surface area contributed by atoms with Gasteiger partial charge < -0.3 is 9.47 Å². The fourth-order valence-electron chi connectivity index (χ4n) is 2.18. The van der Waals surface area contributed by atoms with Crippen molar-refractivity contribution in [2.45, 2.75) is 19.1 Å². The molecule has 4 nitrogen and oxygen atoms in total. The van der Waals surface area contributed by atoms with Crippen molar-refractivity contribution in [3.63, 3.8) is 0 Å². The van der Waals surface area contributed by atoms with Crippen molar-refractivity contribution in [2.75, 3.05) is 26.8 Å². The Kier molecular flexibility index (Phi) is 5.19. The molecule has 0 aliphatic carbocycles. The molecule has 0 N–H and O–H groups in total. The highest BCUT2D eigenvalue weighted by Gasteiger charge is 2.23. The lowest BCUT2D eigenvalue weighted by atomic mass is 10.1. The van der Waals surface area contributed by atoms with Gasteiger partial charge in [-0.05, 0) is 11.6 Å². The summed E-state index contributed by atoms with van der Waals surface area (Å²) in [5, 5.41) is 0.776. The number of nitrogens with zero attached hydrogens (tertiary/aromatic N) is 1. The molecule has 1 heterocycles. The first-order valence-electron chi connectivity index (χ1n) is 6.33. The van der Waals surface area contributed by atoms with Gasteiger partial charge in [-0.15, -0.1) is 0 Å². The third-order valence-corrected chi connectivity index (χ3v) is 3.57. The monoisotopic (exact) mass is 283 g/mol. The van der Waals surface area contributed by atoms with Gasteiger partial charge in [-0.1, -0.05) is 29.8 Å². The van der Waals surface area contributed by atoms with Crippen molar-refractivity contribution in [1.29, 1.82) is 0 Å². The largest absolute Gasteiger partial charge is 0.469 e. The molecule has 0 aromatic heterocycles. The summed E-state index contributed by atoms with van der Waals surface area (Å²) >= 11 is 6.15. The highest BCUT2D eigenvalue weighted by Crippen LogP contribution is 2.19.